The molecule has 3 atom stereocenters. The Morgan fingerprint density at radius 3 is 2.82 bits per heavy atom. The molecule has 1 amide bonds. The highest BCUT2D eigenvalue weighted by atomic mass is 16.5. The number of rotatable bonds is 3. The van der Waals surface area contributed by atoms with E-state index in [9.17, 15) is 4.79 Å². The lowest BCUT2D eigenvalue weighted by Gasteiger charge is -2.28. The molecule has 0 spiro atoms. The van der Waals surface area contributed by atoms with Crippen LogP contribution in [-0.2, 0) is 9.53 Å². The molecule has 0 aromatic carbocycles. The fraction of sp³-hybridized carbons (Fsp3) is 0.923. The Labute approximate surface area is 103 Å². The Balaban J connectivity index is 1.78. The van der Waals surface area contributed by atoms with Crippen LogP contribution in [0.4, 0.5) is 0 Å². The van der Waals surface area contributed by atoms with Crippen LogP contribution >= 0.6 is 0 Å². The van der Waals surface area contributed by atoms with E-state index in [1.807, 2.05) is 11.9 Å². The number of hydrogen-bond acceptors (Lipinski definition) is 3. The molecule has 98 valence electrons. The minimum Gasteiger partial charge on any atom is -0.381 e. The molecule has 1 heterocycles. The van der Waals surface area contributed by atoms with Crippen molar-refractivity contribution in [3.8, 4) is 0 Å². The third kappa shape index (κ3) is 3.42. The summed E-state index contributed by atoms with van der Waals surface area (Å²) in [4.78, 5) is 14.1. The first-order valence-electron chi connectivity index (χ1n) is 6.75. The fourth-order valence-corrected chi connectivity index (χ4v) is 2.98. The number of nitrogens with zero attached hydrogens (tertiary/aromatic N) is 1. The highest BCUT2D eigenvalue weighted by Crippen LogP contribution is 2.26. The predicted molar refractivity (Wildman–Crippen MR) is 66.5 cm³/mol. The van der Waals surface area contributed by atoms with Crippen LogP contribution in [0, 0.1) is 11.8 Å². The van der Waals surface area contributed by atoms with Crippen molar-refractivity contribution >= 4 is 5.91 Å². The summed E-state index contributed by atoms with van der Waals surface area (Å²) in [6.45, 7) is 2.53. The van der Waals surface area contributed by atoms with Crippen LogP contribution < -0.4 is 5.73 Å². The van der Waals surface area contributed by atoms with Gasteiger partial charge in [0, 0.05) is 32.2 Å². The van der Waals surface area contributed by atoms with Gasteiger partial charge in [0.05, 0.1) is 6.61 Å². The summed E-state index contributed by atoms with van der Waals surface area (Å²) >= 11 is 0. The van der Waals surface area contributed by atoms with E-state index in [0.29, 0.717) is 5.92 Å². The van der Waals surface area contributed by atoms with Gasteiger partial charge in [-0.05, 0) is 38.0 Å². The normalized spacial score (nSPS) is 33.6. The molecule has 4 nitrogen and oxygen atoms in total. The Kier molecular flexibility index (Phi) is 4.40. The van der Waals surface area contributed by atoms with E-state index in [1.54, 1.807) is 0 Å². The Hall–Kier alpha value is -0.610. The Morgan fingerprint density at radius 1 is 1.41 bits per heavy atom. The predicted octanol–water partition coefficient (Wildman–Crippen LogP) is 0.999. The quantitative estimate of drug-likeness (QED) is 0.800. The van der Waals surface area contributed by atoms with Crippen LogP contribution in [0.3, 0.4) is 0 Å². The van der Waals surface area contributed by atoms with E-state index in [-0.39, 0.29) is 17.9 Å². The SMILES string of the molecule is CN(CC1CCCOC1)C(=O)C1CCC(N)C1. The summed E-state index contributed by atoms with van der Waals surface area (Å²) in [6.07, 6.45) is 5.13. The number of carbonyl (C=O) groups excluding carboxylic acids is 1. The second-order valence-electron chi connectivity index (χ2n) is 5.57. The summed E-state index contributed by atoms with van der Waals surface area (Å²) in [7, 11) is 1.92. The molecule has 2 fully saturated rings. The third-order valence-electron chi connectivity index (χ3n) is 3.99. The van der Waals surface area contributed by atoms with Crippen LogP contribution in [0.1, 0.15) is 32.1 Å². The lowest BCUT2D eigenvalue weighted by atomic mass is 10.0. The zero-order valence-electron chi connectivity index (χ0n) is 10.7. The second kappa shape index (κ2) is 5.83. The zero-order valence-corrected chi connectivity index (χ0v) is 10.7. The summed E-state index contributed by atoms with van der Waals surface area (Å²) < 4.78 is 5.45. The third-order valence-corrected chi connectivity index (χ3v) is 3.99. The van der Waals surface area contributed by atoms with Crippen LogP contribution in [-0.4, -0.2) is 43.7 Å². The molecule has 0 aromatic heterocycles. The lowest BCUT2D eigenvalue weighted by molar-refractivity contribution is -0.135. The monoisotopic (exact) mass is 240 g/mol. The van der Waals surface area contributed by atoms with Crippen LogP contribution in [0.25, 0.3) is 0 Å². The van der Waals surface area contributed by atoms with Gasteiger partial charge in [-0.15, -0.1) is 0 Å². The maximum atomic E-state index is 12.2. The minimum absolute atomic E-state index is 0.166. The number of nitrogens with two attached hydrogens (primary N) is 1. The van der Waals surface area contributed by atoms with E-state index >= 15 is 0 Å². The van der Waals surface area contributed by atoms with Gasteiger partial charge in [0.15, 0.2) is 0 Å². The van der Waals surface area contributed by atoms with Crippen molar-refractivity contribution in [2.75, 3.05) is 26.8 Å². The molecular weight excluding hydrogens is 216 g/mol. The Bertz CT molecular complexity index is 264. The van der Waals surface area contributed by atoms with Gasteiger partial charge >= 0.3 is 0 Å². The number of amides is 1. The molecule has 0 radical (unpaired) electrons. The van der Waals surface area contributed by atoms with Crippen molar-refractivity contribution in [2.24, 2.45) is 17.6 Å². The van der Waals surface area contributed by atoms with Gasteiger partial charge in [0.25, 0.3) is 0 Å². The summed E-state index contributed by atoms with van der Waals surface area (Å²) in [6, 6.07) is 0.232. The molecule has 17 heavy (non-hydrogen) atoms. The summed E-state index contributed by atoms with van der Waals surface area (Å²) in [5, 5.41) is 0. The van der Waals surface area contributed by atoms with Crippen molar-refractivity contribution in [3.63, 3.8) is 0 Å². The highest BCUT2D eigenvalue weighted by molar-refractivity contribution is 5.79. The molecule has 0 aromatic rings. The van der Waals surface area contributed by atoms with Gasteiger partial charge in [0.2, 0.25) is 5.91 Å². The summed E-state index contributed by atoms with van der Waals surface area (Å²) in [5.74, 6) is 0.968. The van der Waals surface area contributed by atoms with E-state index in [2.05, 4.69) is 0 Å². The molecule has 1 saturated heterocycles. The largest absolute Gasteiger partial charge is 0.381 e. The molecular formula is C13H24N2O2. The van der Waals surface area contributed by atoms with E-state index in [0.717, 1.165) is 45.4 Å². The van der Waals surface area contributed by atoms with Crippen molar-refractivity contribution in [2.45, 2.75) is 38.1 Å². The fourth-order valence-electron chi connectivity index (χ4n) is 2.98. The number of hydrogen-bond donors (Lipinski definition) is 1. The van der Waals surface area contributed by atoms with Crippen LogP contribution in [0.5, 0.6) is 0 Å². The zero-order chi connectivity index (χ0) is 12.3. The molecule has 1 aliphatic carbocycles. The molecule has 3 unspecified atom stereocenters. The van der Waals surface area contributed by atoms with Gasteiger partial charge in [-0.2, -0.15) is 0 Å². The molecule has 1 saturated carbocycles. The van der Waals surface area contributed by atoms with Crippen molar-refractivity contribution in [3.05, 3.63) is 0 Å². The van der Waals surface area contributed by atoms with E-state index in [1.165, 1.54) is 6.42 Å². The number of carbonyl (C=O) groups is 1. The molecule has 0 bridgehead atoms. The smallest absolute Gasteiger partial charge is 0.225 e. The lowest BCUT2D eigenvalue weighted by Crippen LogP contribution is -2.38. The van der Waals surface area contributed by atoms with Gasteiger partial charge in [-0.3, -0.25) is 4.79 Å². The molecule has 4 heteroatoms. The molecule has 2 aliphatic rings. The molecule has 2 rings (SSSR count). The maximum absolute atomic E-state index is 12.2. The second-order valence-corrected chi connectivity index (χ2v) is 5.57. The molecule has 1 aliphatic heterocycles. The van der Waals surface area contributed by atoms with Crippen LogP contribution in [0.15, 0.2) is 0 Å². The first-order valence-corrected chi connectivity index (χ1v) is 6.75. The van der Waals surface area contributed by atoms with Crippen molar-refractivity contribution < 1.29 is 9.53 Å². The van der Waals surface area contributed by atoms with Gasteiger partial charge in [-0.1, -0.05) is 0 Å². The van der Waals surface area contributed by atoms with Crippen molar-refractivity contribution in [1.82, 2.24) is 4.90 Å². The van der Waals surface area contributed by atoms with Gasteiger partial charge in [0.1, 0.15) is 0 Å². The van der Waals surface area contributed by atoms with Crippen molar-refractivity contribution in [1.29, 1.82) is 0 Å². The topological polar surface area (TPSA) is 55.6 Å². The average Bonchev–Trinajstić information content (AvgIpc) is 2.76. The van der Waals surface area contributed by atoms with Crippen LogP contribution in [0.2, 0.25) is 0 Å². The van der Waals surface area contributed by atoms with Gasteiger partial charge in [-0.25, -0.2) is 0 Å². The standard InChI is InChI=1S/C13H24N2O2/c1-15(8-10-3-2-6-17-9-10)13(16)11-4-5-12(14)7-11/h10-12H,2-9,14H2,1H3. The van der Waals surface area contributed by atoms with Gasteiger partial charge < -0.3 is 15.4 Å². The first kappa shape index (κ1) is 12.8. The van der Waals surface area contributed by atoms with E-state index in [4.69, 9.17) is 10.5 Å². The number of ether oxygens (including phenoxy) is 1. The summed E-state index contributed by atoms with van der Waals surface area (Å²) in [5.41, 5.74) is 5.86. The highest BCUT2D eigenvalue weighted by Gasteiger charge is 2.30. The van der Waals surface area contributed by atoms with E-state index < -0.39 is 0 Å². The average molecular weight is 240 g/mol. The maximum Gasteiger partial charge on any atom is 0.225 e. The Morgan fingerprint density at radius 2 is 2.24 bits per heavy atom. The molecule has 2 N–H and O–H groups in total. The minimum atomic E-state index is 0.166. The first-order chi connectivity index (χ1) is 8.16.